The minimum Gasteiger partial charge on any atom is -0.494 e. The van der Waals surface area contributed by atoms with Crippen LogP contribution in [0.15, 0.2) is 107 Å². The number of carbonyl (C=O) groups excluding carboxylic acids is 1. The van der Waals surface area contributed by atoms with Crippen molar-refractivity contribution < 1.29 is 36.9 Å². The number of halogens is 5. The number of nitrogens with one attached hydrogen (secondary N) is 1. The Hall–Kier alpha value is -4.22. The SMILES string of the molecule is O=C(NCc1cc(F)cc(C(F)(F)F)c1)[C@]1(Cc2ccccc2)N=C(c2ccc(OCCCO)cc2)O[C@@H]1c1ccccc1Br. The van der Waals surface area contributed by atoms with Gasteiger partial charge in [0.1, 0.15) is 11.6 Å². The Labute approximate surface area is 265 Å². The molecule has 4 aromatic rings. The molecule has 234 valence electrons. The second kappa shape index (κ2) is 13.8. The predicted octanol–water partition coefficient (Wildman–Crippen LogP) is 7.18. The first kappa shape index (κ1) is 32.2. The number of hydrogen-bond acceptors (Lipinski definition) is 5. The Bertz CT molecular complexity index is 1670. The lowest BCUT2D eigenvalue weighted by atomic mass is 9.82. The van der Waals surface area contributed by atoms with E-state index >= 15 is 0 Å². The van der Waals surface area contributed by atoms with Crippen LogP contribution in [0.1, 0.15) is 40.3 Å². The lowest BCUT2D eigenvalue weighted by molar-refractivity contribution is -0.137. The Balaban J connectivity index is 1.55. The number of aliphatic hydroxyl groups excluding tert-OH is 1. The maximum Gasteiger partial charge on any atom is 0.416 e. The number of aliphatic imine (C=N–C) groups is 1. The Morgan fingerprint density at radius 1 is 0.978 bits per heavy atom. The van der Waals surface area contributed by atoms with Crippen LogP contribution in [0, 0.1) is 5.82 Å². The quantitative estimate of drug-likeness (QED) is 0.130. The molecule has 45 heavy (non-hydrogen) atoms. The van der Waals surface area contributed by atoms with Gasteiger partial charge in [-0.15, -0.1) is 0 Å². The zero-order valence-electron chi connectivity index (χ0n) is 23.9. The fourth-order valence-electron chi connectivity index (χ4n) is 5.11. The molecule has 0 radical (unpaired) electrons. The van der Waals surface area contributed by atoms with Crippen LogP contribution in [-0.2, 0) is 28.7 Å². The third kappa shape index (κ3) is 7.54. The molecule has 0 saturated carbocycles. The first-order chi connectivity index (χ1) is 21.6. The van der Waals surface area contributed by atoms with Crippen molar-refractivity contribution in [2.75, 3.05) is 13.2 Å². The van der Waals surface area contributed by atoms with E-state index in [1.165, 1.54) is 0 Å². The lowest BCUT2D eigenvalue weighted by Crippen LogP contribution is -2.49. The van der Waals surface area contributed by atoms with Gasteiger partial charge in [-0.1, -0.05) is 64.5 Å². The van der Waals surface area contributed by atoms with E-state index in [-0.39, 0.29) is 31.0 Å². The van der Waals surface area contributed by atoms with Gasteiger partial charge in [-0.3, -0.25) is 4.79 Å². The van der Waals surface area contributed by atoms with Crippen molar-refractivity contribution in [3.63, 3.8) is 0 Å². The summed E-state index contributed by atoms with van der Waals surface area (Å²) in [6.45, 7) is -0.0232. The van der Waals surface area contributed by atoms with E-state index in [9.17, 15) is 22.4 Å². The van der Waals surface area contributed by atoms with E-state index in [2.05, 4.69) is 21.2 Å². The number of benzene rings is 4. The van der Waals surface area contributed by atoms with Crippen LogP contribution in [0.4, 0.5) is 17.6 Å². The molecule has 0 spiro atoms. The number of ether oxygens (including phenoxy) is 2. The number of amides is 1. The van der Waals surface area contributed by atoms with Gasteiger partial charge in [0.05, 0.1) is 12.2 Å². The molecule has 0 bridgehead atoms. The number of nitrogens with zero attached hydrogens (tertiary/aromatic N) is 1. The lowest BCUT2D eigenvalue weighted by Gasteiger charge is -2.31. The van der Waals surface area contributed by atoms with Crippen LogP contribution >= 0.6 is 15.9 Å². The Kier molecular flexibility index (Phi) is 9.89. The first-order valence-electron chi connectivity index (χ1n) is 14.1. The summed E-state index contributed by atoms with van der Waals surface area (Å²) < 4.78 is 67.0. The summed E-state index contributed by atoms with van der Waals surface area (Å²) in [4.78, 5) is 19.2. The van der Waals surface area contributed by atoms with Crippen molar-refractivity contribution in [1.82, 2.24) is 5.32 Å². The Morgan fingerprint density at radius 2 is 1.69 bits per heavy atom. The van der Waals surface area contributed by atoms with Gasteiger partial charge in [0.15, 0.2) is 11.6 Å². The van der Waals surface area contributed by atoms with Crippen molar-refractivity contribution in [1.29, 1.82) is 0 Å². The highest BCUT2D eigenvalue weighted by Crippen LogP contribution is 2.44. The molecule has 6 nitrogen and oxygen atoms in total. The minimum atomic E-state index is -4.75. The molecule has 1 aliphatic heterocycles. The van der Waals surface area contributed by atoms with Gasteiger partial charge in [-0.25, -0.2) is 9.38 Å². The van der Waals surface area contributed by atoms with E-state index in [1.54, 1.807) is 36.4 Å². The third-order valence-corrected chi connectivity index (χ3v) is 7.99. The van der Waals surface area contributed by atoms with Gasteiger partial charge in [-0.05, 0) is 59.7 Å². The minimum absolute atomic E-state index is 0.00737. The van der Waals surface area contributed by atoms with Crippen molar-refractivity contribution in [3.05, 3.63) is 135 Å². The van der Waals surface area contributed by atoms with E-state index in [4.69, 9.17) is 19.6 Å². The molecule has 2 atom stereocenters. The normalized spacial score (nSPS) is 17.8. The Morgan fingerprint density at radius 3 is 2.38 bits per heavy atom. The summed E-state index contributed by atoms with van der Waals surface area (Å²) in [5, 5.41) is 11.7. The topological polar surface area (TPSA) is 80.2 Å². The molecule has 4 aromatic carbocycles. The molecule has 0 fully saturated rings. The van der Waals surface area contributed by atoms with Gasteiger partial charge in [0.25, 0.3) is 5.91 Å². The van der Waals surface area contributed by atoms with E-state index < -0.39 is 35.1 Å². The van der Waals surface area contributed by atoms with Crippen LogP contribution < -0.4 is 10.1 Å². The van der Waals surface area contributed by atoms with Crippen LogP contribution in [0.3, 0.4) is 0 Å². The molecule has 0 aliphatic carbocycles. The first-order valence-corrected chi connectivity index (χ1v) is 14.9. The smallest absolute Gasteiger partial charge is 0.416 e. The summed E-state index contributed by atoms with van der Waals surface area (Å²) in [5.74, 6) is -0.903. The molecule has 11 heteroatoms. The van der Waals surface area contributed by atoms with Crippen LogP contribution in [0.5, 0.6) is 5.75 Å². The average molecular weight is 686 g/mol. The maximum absolute atomic E-state index is 14.3. The van der Waals surface area contributed by atoms with Crippen molar-refractivity contribution >= 4 is 27.7 Å². The highest BCUT2D eigenvalue weighted by Gasteiger charge is 2.53. The monoisotopic (exact) mass is 684 g/mol. The fourth-order valence-corrected chi connectivity index (χ4v) is 5.60. The molecule has 5 rings (SSSR count). The number of carbonyl (C=O) groups is 1. The molecule has 1 heterocycles. The predicted molar refractivity (Wildman–Crippen MR) is 164 cm³/mol. The van der Waals surface area contributed by atoms with Crippen LogP contribution in [0.2, 0.25) is 0 Å². The zero-order chi connectivity index (χ0) is 32.0. The summed E-state index contributed by atoms with van der Waals surface area (Å²) in [6.07, 6.45) is -5.12. The zero-order valence-corrected chi connectivity index (χ0v) is 25.4. The van der Waals surface area contributed by atoms with E-state index in [1.807, 2.05) is 42.5 Å². The van der Waals surface area contributed by atoms with Gasteiger partial charge in [0, 0.05) is 41.6 Å². The molecule has 1 amide bonds. The second-order valence-corrected chi connectivity index (χ2v) is 11.4. The molecule has 1 aliphatic rings. The molecule has 0 saturated heterocycles. The number of aliphatic hydroxyl groups is 1. The maximum atomic E-state index is 14.3. The number of alkyl halides is 3. The molecule has 0 aromatic heterocycles. The molecule has 2 N–H and O–H groups in total. The number of hydrogen-bond donors (Lipinski definition) is 2. The van der Waals surface area contributed by atoms with Gasteiger partial charge in [0.2, 0.25) is 5.90 Å². The van der Waals surface area contributed by atoms with Crippen LogP contribution in [0.25, 0.3) is 0 Å². The van der Waals surface area contributed by atoms with Crippen LogP contribution in [-0.4, -0.2) is 35.7 Å². The molecular formula is C34H29BrF4N2O4. The standard InChI is InChI=1S/C34H29BrF4N2O4/c35-29-10-5-4-9-28(29)30-33(20-22-7-2-1-3-8-22,32(43)40-21-23-17-25(34(37,38)39)19-26(36)18-23)41-31(45-30)24-11-13-27(14-12-24)44-16-6-15-42/h1-5,7-14,17-19,30,42H,6,15-16,20-21H2,(H,40,43)/t30-,33-/m1/s1. The fraction of sp³-hybridized carbons (Fsp3) is 0.235. The average Bonchev–Trinajstić information content (AvgIpc) is 3.40. The van der Waals surface area contributed by atoms with Crippen molar-refractivity contribution in [3.8, 4) is 5.75 Å². The molecule has 0 unspecified atom stereocenters. The summed E-state index contributed by atoms with van der Waals surface area (Å²) in [6, 6.07) is 25.5. The number of rotatable bonds is 11. The summed E-state index contributed by atoms with van der Waals surface area (Å²) >= 11 is 3.57. The van der Waals surface area contributed by atoms with Gasteiger partial charge >= 0.3 is 6.18 Å². The van der Waals surface area contributed by atoms with Gasteiger partial charge < -0.3 is 19.9 Å². The molecular weight excluding hydrogens is 656 g/mol. The highest BCUT2D eigenvalue weighted by molar-refractivity contribution is 9.10. The van der Waals surface area contributed by atoms with E-state index in [0.717, 1.165) is 17.7 Å². The third-order valence-electron chi connectivity index (χ3n) is 7.27. The highest BCUT2D eigenvalue weighted by atomic mass is 79.9. The van der Waals surface area contributed by atoms with Crippen molar-refractivity contribution in [2.45, 2.75) is 37.2 Å². The van der Waals surface area contributed by atoms with E-state index in [0.29, 0.717) is 40.4 Å². The van der Waals surface area contributed by atoms with Gasteiger partial charge in [-0.2, -0.15) is 13.2 Å². The summed E-state index contributed by atoms with van der Waals surface area (Å²) in [7, 11) is 0. The second-order valence-electron chi connectivity index (χ2n) is 10.5. The van der Waals surface area contributed by atoms with Crippen molar-refractivity contribution in [2.24, 2.45) is 4.99 Å². The largest absolute Gasteiger partial charge is 0.494 e. The summed E-state index contributed by atoms with van der Waals surface area (Å²) in [5.41, 5.74) is -0.818.